The van der Waals surface area contributed by atoms with Gasteiger partial charge in [0.25, 0.3) is 0 Å². The lowest BCUT2D eigenvalue weighted by Crippen LogP contribution is -2.46. The summed E-state index contributed by atoms with van der Waals surface area (Å²) in [6, 6.07) is 0. The molecule has 1 aromatic heterocycles. The molecule has 0 saturated heterocycles. The second-order valence-corrected chi connectivity index (χ2v) is 8.09. The maximum absolute atomic E-state index is 12.2. The number of hydrogen-bond donors (Lipinski definition) is 1. The fraction of sp³-hybridized carbons (Fsp3) is 0.688. The van der Waals surface area contributed by atoms with Crippen molar-refractivity contribution in [3.63, 3.8) is 0 Å². The zero-order valence-corrected chi connectivity index (χ0v) is 13.2. The van der Waals surface area contributed by atoms with Gasteiger partial charge in [0.05, 0.1) is 0 Å². The lowest BCUT2D eigenvalue weighted by atomic mass is 9.48. The van der Waals surface area contributed by atoms with Crippen molar-refractivity contribution in [2.24, 2.45) is 23.2 Å². The van der Waals surface area contributed by atoms with Crippen LogP contribution in [0.4, 0.5) is 5.13 Å². The molecule has 4 fully saturated rings. The molecule has 4 aliphatic rings. The lowest BCUT2D eigenvalue weighted by Gasteiger charge is -2.57. The standard InChI is InChI=1S/C16H21N3OS/c1-10(2-14(20)18-15-19-17-9-21-15)16-6-11-3-12(7-16)5-13(4-11)8-16/h2,9,11-13H,3-8H2,1H3,(H,18,19,20)/b10-2-. The third kappa shape index (κ3) is 2.41. The Balaban J connectivity index is 1.52. The average Bonchev–Trinajstić information content (AvgIpc) is 2.89. The fourth-order valence-electron chi connectivity index (χ4n) is 5.31. The van der Waals surface area contributed by atoms with Crippen LogP contribution < -0.4 is 5.32 Å². The highest BCUT2D eigenvalue weighted by atomic mass is 32.1. The van der Waals surface area contributed by atoms with Crippen molar-refractivity contribution < 1.29 is 4.79 Å². The quantitative estimate of drug-likeness (QED) is 0.867. The highest BCUT2D eigenvalue weighted by Gasteiger charge is 2.51. The topological polar surface area (TPSA) is 54.9 Å². The highest BCUT2D eigenvalue weighted by Crippen LogP contribution is 2.62. The monoisotopic (exact) mass is 303 g/mol. The van der Waals surface area contributed by atoms with Crippen molar-refractivity contribution in [2.45, 2.75) is 45.4 Å². The van der Waals surface area contributed by atoms with Crippen molar-refractivity contribution in [1.29, 1.82) is 0 Å². The van der Waals surface area contributed by atoms with Crippen molar-refractivity contribution in [3.05, 3.63) is 17.2 Å². The first-order chi connectivity index (χ1) is 10.1. The van der Waals surface area contributed by atoms with E-state index in [2.05, 4.69) is 22.4 Å². The molecule has 112 valence electrons. The molecule has 0 unspecified atom stereocenters. The first-order valence-electron chi connectivity index (χ1n) is 7.89. The summed E-state index contributed by atoms with van der Waals surface area (Å²) < 4.78 is 0. The van der Waals surface area contributed by atoms with Crippen LogP contribution in [0, 0.1) is 23.2 Å². The second kappa shape index (κ2) is 4.90. The van der Waals surface area contributed by atoms with Crippen LogP contribution in [0.2, 0.25) is 0 Å². The van der Waals surface area contributed by atoms with E-state index < -0.39 is 0 Å². The van der Waals surface area contributed by atoms with Crippen LogP contribution in [0.5, 0.6) is 0 Å². The van der Waals surface area contributed by atoms with Crippen molar-refractivity contribution in [2.75, 3.05) is 5.32 Å². The number of hydrogen-bond acceptors (Lipinski definition) is 4. The minimum atomic E-state index is -0.0556. The number of amides is 1. The number of allylic oxidation sites excluding steroid dienone is 1. The Morgan fingerprint density at radius 2 is 1.90 bits per heavy atom. The van der Waals surface area contributed by atoms with Gasteiger partial charge in [-0.1, -0.05) is 16.9 Å². The van der Waals surface area contributed by atoms with Gasteiger partial charge < -0.3 is 0 Å². The summed E-state index contributed by atoms with van der Waals surface area (Å²) in [6.45, 7) is 2.16. The molecule has 0 aromatic carbocycles. The van der Waals surface area contributed by atoms with Gasteiger partial charge in [-0.25, -0.2) is 0 Å². The summed E-state index contributed by atoms with van der Waals surface area (Å²) in [4.78, 5) is 12.2. The SMILES string of the molecule is C/C(=C/C(=O)Nc1nncs1)C12CC3CC(CC(C3)C1)C2. The Hall–Kier alpha value is -1.23. The number of aromatic nitrogens is 2. The van der Waals surface area contributed by atoms with Crippen LogP contribution in [-0.2, 0) is 4.79 Å². The van der Waals surface area contributed by atoms with Crippen LogP contribution in [0.25, 0.3) is 0 Å². The van der Waals surface area contributed by atoms with Crippen LogP contribution in [0.15, 0.2) is 17.2 Å². The Kier molecular flexibility index (Phi) is 3.14. The van der Waals surface area contributed by atoms with Crippen LogP contribution in [0.3, 0.4) is 0 Å². The molecule has 1 aromatic rings. The maximum atomic E-state index is 12.2. The molecule has 1 N–H and O–H groups in total. The van der Waals surface area contributed by atoms with Crippen LogP contribution >= 0.6 is 11.3 Å². The molecule has 5 heteroatoms. The number of rotatable bonds is 3. The van der Waals surface area contributed by atoms with E-state index >= 15 is 0 Å². The third-order valence-electron chi connectivity index (χ3n) is 5.81. The van der Waals surface area contributed by atoms with Gasteiger partial charge in [-0.3, -0.25) is 10.1 Å². The molecule has 0 aliphatic heterocycles. The first-order valence-corrected chi connectivity index (χ1v) is 8.77. The van der Waals surface area contributed by atoms with Crippen LogP contribution in [-0.4, -0.2) is 16.1 Å². The zero-order valence-electron chi connectivity index (χ0n) is 12.3. The minimum absolute atomic E-state index is 0.0556. The molecule has 4 aliphatic carbocycles. The van der Waals surface area contributed by atoms with Crippen molar-refractivity contribution in [3.8, 4) is 0 Å². The first kappa shape index (κ1) is 13.4. The molecule has 4 nitrogen and oxygen atoms in total. The summed E-state index contributed by atoms with van der Waals surface area (Å²) in [7, 11) is 0. The van der Waals surface area contributed by atoms with E-state index in [1.54, 1.807) is 5.51 Å². The van der Waals surface area contributed by atoms with E-state index in [1.807, 2.05) is 6.08 Å². The number of nitrogens with one attached hydrogen (secondary N) is 1. The van der Waals surface area contributed by atoms with E-state index in [1.165, 1.54) is 55.4 Å². The number of carbonyl (C=O) groups is 1. The van der Waals surface area contributed by atoms with Gasteiger partial charge in [0.15, 0.2) is 0 Å². The predicted octanol–water partition coefficient (Wildman–Crippen LogP) is 3.64. The smallest absolute Gasteiger partial charge is 0.250 e. The summed E-state index contributed by atoms with van der Waals surface area (Å²) in [6.07, 6.45) is 10.0. The largest absolute Gasteiger partial charge is 0.297 e. The molecule has 0 spiro atoms. The van der Waals surface area contributed by atoms with E-state index in [4.69, 9.17) is 0 Å². The van der Waals surface area contributed by atoms with Gasteiger partial charge in [0.2, 0.25) is 11.0 Å². The second-order valence-electron chi connectivity index (χ2n) is 7.26. The van der Waals surface area contributed by atoms with Crippen molar-refractivity contribution >= 4 is 22.4 Å². The number of carbonyl (C=O) groups excluding carboxylic acids is 1. The Bertz CT molecular complexity index is 543. The number of anilines is 1. The fourth-order valence-corrected chi connectivity index (χ4v) is 5.76. The zero-order chi connectivity index (χ0) is 14.4. The number of nitrogens with zero attached hydrogens (tertiary/aromatic N) is 2. The Morgan fingerprint density at radius 3 is 2.43 bits per heavy atom. The van der Waals surface area contributed by atoms with Gasteiger partial charge in [-0.2, -0.15) is 0 Å². The van der Waals surface area contributed by atoms with E-state index in [-0.39, 0.29) is 5.91 Å². The van der Waals surface area contributed by atoms with Crippen LogP contribution in [0.1, 0.15) is 45.4 Å². The van der Waals surface area contributed by atoms with Gasteiger partial charge in [0, 0.05) is 6.08 Å². The lowest BCUT2D eigenvalue weighted by molar-refractivity contribution is -0.112. The Morgan fingerprint density at radius 1 is 1.29 bits per heavy atom. The summed E-state index contributed by atoms with van der Waals surface area (Å²) in [5, 5.41) is 11.0. The Labute approximate surface area is 129 Å². The molecule has 4 saturated carbocycles. The highest BCUT2D eigenvalue weighted by molar-refractivity contribution is 7.13. The minimum Gasteiger partial charge on any atom is -0.297 e. The summed E-state index contributed by atoms with van der Waals surface area (Å²) >= 11 is 1.35. The molecule has 0 radical (unpaired) electrons. The van der Waals surface area contributed by atoms with E-state index in [0.717, 1.165) is 17.8 Å². The molecule has 5 rings (SSSR count). The molecule has 4 bridgehead atoms. The van der Waals surface area contributed by atoms with Gasteiger partial charge in [-0.05, 0) is 68.6 Å². The average molecular weight is 303 g/mol. The summed E-state index contributed by atoms with van der Waals surface area (Å²) in [5.74, 6) is 2.67. The molecule has 1 amide bonds. The predicted molar refractivity (Wildman–Crippen MR) is 82.9 cm³/mol. The molecule has 0 atom stereocenters. The molecular weight excluding hydrogens is 282 g/mol. The maximum Gasteiger partial charge on any atom is 0.250 e. The third-order valence-corrected chi connectivity index (χ3v) is 6.42. The van der Waals surface area contributed by atoms with Crippen molar-refractivity contribution in [1.82, 2.24) is 10.2 Å². The van der Waals surface area contributed by atoms with E-state index in [0.29, 0.717) is 10.5 Å². The summed E-state index contributed by atoms with van der Waals surface area (Å²) in [5.41, 5.74) is 3.22. The normalized spacial score (nSPS) is 37.8. The van der Waals surface area contributed by atoms with Gasteiger partial charge >= 0.3 is 0 Å². The van der Waals surface area contributed by atoms with E-state index in [9.17, 15) is 4.79 Å². The molecule has 21 heavy (non-hydrogen) atoms. The van der Waals surface area contributed by atoms with Gasteiger partial charge in [-0.15, -0.1) is 10.2 Å². The molecule has 1 heterocycles. The van der Waals surface area contributed by atoms with Gasteiger partial charge in [0.1, 0.15) is 5.51 Å². The molecular formula is C16H21N3OS.